The number of hydrogen-bond acceptors (Lipinski definition) is 7. The molecule has 8 heteroatoms. The maximum atomic E-state index is 11.0. The molecule has 134 valence electrons. The van der Waals surface area contributed by atoms with Crippen molar-refractivity contribution in [3.05, 3.63) is 58.1 Å². The van der Waals surface area contributed by atoms with Crippen LogP contribution in [-0.2, 0) is 12.0 Å². The molecule has 26 heavy (non-hydrogen) atoms. The predicted molar refractivity (Wildman–Crippen MR) is 98.5 cm³/mol. The van der Waals surface area contributed by atoms with Gasteiger partial charge in [0.2, 0.25) is 5.95 Å². The van der Waals surface area contributed by atoms with Crippen molar-refractivity contribution in [1.29, 1.82) is 0 Å². The van der Waals surface area contributed by atoms with E-state index in [1.807, 2.05) is 23.1 Å². The number of fused-ring (bicyclic) bond motifs is 1. The molecule has 0 aliphatic carbocycles. The third-order valence-corrected chi connectivity index (χ3v) is 4.94. The van der Waals surface area contributed by atoms with Gasteiger partial charge >= 0.3 is 0 Å². The zero-order valence-electron chi connectivity index (χ0n) is 14.4. The average molecular weight is 372 g/mol. The van der Waals surface area contributed by atoms with Crippen LogP contribution in [0.5, 0.6) is 0 Å². The summed E-state index contributed by atoms with van der Waals surface area (Å²) in [6.45, 7) is 4.21. The summed E-state index contributed by atoms with van der Waals surface area (Å²) in [5.74, 6) is 1.37. The lowest BCUT2D eigenvalue weighted by Gasteiger charge is -2.24. The topological polar surface area (TPSA) is 101 Å². The van der Waals surface area contributed by atoms with E-state index in [-0.39, 0.29) is 5.95 Å². The van der Waals surface area contributed by atoms with Gasteiger partial charge in [-0.3, -0.25) is 0 Å². The second-order valence-electron chi connectivity index (χ2n) is 6.54. The number of anilines is 3. The van der Waals surface area contributed by atoms with Crippen molar-refractivity contribution in [2.45, 2.75) is 25.9 Å². The van der Waals surface area contributed by atoms with E-state index >= 15 is 0 Å². The highest BCUT2D eigenvalue weighted by Crippen LogP contribution is 2.40. The van der Waals surface area contributed by atoms with Crippen molar-refractivity contribution < 1.29 is 9.63 Å². The van der Waals surface area contributed by atoms with Crippen molar-refractivity contribution in [2.24, 2.45) is 0 Å². The van der Waals surface area contributed by atoms with Gasteiger partial charge < -0.3 is 20.3 Å². The third kappa shape index (κ3) is 2.69. The van der Waals surface area contributed by atoms with E-state index in [0.717, 1.165) is 24.2 Å². The number of nitrogen functional groups attached to an aromatic ring is 1. The van der Waals surface area contributed by atoms with Crippen molar-refractivity contribution in [3.63, 3.8) is 0 Å². The highest BCUT2D eigenvalue weighted by molar-refractivity contribution is 6.33. The largest absolute Gasteiger partial charge is 0.379 e. The summed E-state index contributed by atoms with van der Waals surface area (Å²) in [5, 5.41) is 15.4. The second kappa shape index (κ2) is 5.96. The number of aryl methyl sites for hydroxylation is 1. The van der Waals surface area contributed by atoms with Gasteiger partial charge in [0.15, 0.2) is 5.82 Å². The Morgan fingerprint density at radius 3 is 2.88 bits per heavy atom. The maximum absolute atomic E-state index is 11.0. The zero-order valence-corrected chi connectivity index (χ0v) is 15.2. The number of benzene rings is 1. The first-order valence-corrected chi connectivity index (χ1v) is 8.59. The van der Waals surface area contributed by atoms with Crippen LogP contribution >= 0.6 is 11.6 Å². The first-order chi connectivity index (χ1) is 12.4. The summed E-state index contributed by atoms with van der Waals surface area (Å²) in [6, 6.07) is 7.57. The van der Waals surface area contributed by atoms with E-state index in [1.54, 1.807) is 19.9 Å². The second-order valence-corrected chi connectivity index (χ2v) is 6.95. The molecule has 3 N–H and O–H groups in total. The molecule has 3 aromatic rings. The maximum Gasteiger partial charge on any atom is 0.222 e. The van der Waals surface area contributed by atoms with Crippen LogP contribution in [0.15, 0.2) is 35.0 Å². The van der Waals surface area contributed by atoms with Crippen LogP contribution in [0.2, 0.25) is 5.02 Å². The quantitative estimate of drug-likeness (QED) is 0.729. The van der Waals surface area contributed by atoms with Gasteiger partial charge in [-0.2, -0.15) is 4.98 Å². The molecule has 0 spiro atoms. The van der Waals surface area contributed by atoms with Gasteiger partial charge in [-0.1, -0.05) is 28.9 Å². The first-order valence-electron chi connectivity index (χ1n) is 8.21. The lowest BCUT2D eigenvalue weighted by molar-refractivity contribution is 0.0932. The van der Waals surface area contributed by atoms with Gasteiger partial charge in [-0.05, 0) is 37.5 Å². The summed E-state index contributed by atoms with van der Waals surface area (Å²) < 4.78 is 5.12. The fourth-order valence-corrected chi connectivity index (χ4v) is 3.40. The van der Waals surface area contributed by atoms with E-state index in [2.05, 4.69) is 15.1 Å². The predicted octanol–water partition coefficient (Wildman–Crippen LogP) is 2.96. The third-order valence-electron chi connectivity index (χ3n) is 4.67. The Kier molecular flexibility index (Phi) is 3.86. The molecule has 0 saturated carbocycles. The monoisotopic (exact) mass is 371 g/mol. The van der Waals surface area contributed by atoms with Crippen LogP contribution in [0.25, 0.3) is 0 Å². The summed E-state index contributed by atoms with van der Waals surface area (Å²) in [6.07, 6.45) is 2.34. The van der Waals surface area contributed by atoms with Crippen LogP contribution in [-0.4, -0.2) is 26.8 Å². The molecular formula is C18H18ClN5O2. The van der Waals surface area contributed by atoms with Crippen molar-refractivity contribution in [2.75, 3.05) is 17.2 Å². The molecule has 1 aliphatic heterocycles. The highest BCUT2D eigenvalue weighted by atomic mass is 35.5. The molecule has 0 fully saturated rings. The molecular weight excluding hydrogens is 354 g/mol. The van der Waals surface area contributed by atoms with Crippen molar-refractivity contribution in [1.82, 2.24) is 15.1 Å². The highest BCUT2D eigenvalue weighted by Gasteiger charge is 2.32. The minimum absolute atomic E-state index is 0.166. The number of hydrogen-bond donors (Lipinski definition) is 2. The zero-order chi connectivity index (χ0) is 18.5. The standard InChI is InChI=1S/C18H18ClN5O2/c1-10-7-15(23-26-10)18(2,25)12-4-3-11-5-6-24(14(11)8-12)16-13(19)9-21-17(20)22-16/h3-4,7-9,25H,5-6H2,1-2H3,(H2,20,21,22)/t18-/m1/s1. The Labute approximate surface area is 155 Å². The van der Waals surface area contributed by atoms with Gasteiger partial charge in [-0.25, -0.2) is 4.98 Å². The normalized spacial score (nSPS) is 15.8. The lowest BCUT2D eigenvalue weighted by atomic mass is 9.91. The van der Waals surface area contributed by atoms with Crippen molar-refractivity contribution in [3.8, 4) is 0 Å². The first kappa shape index (κ1) is 16.8. The van der Waals surface area contributed by atoms with Crippen LogP contribution in [0, 0.1) is 6.92 Å². The number of aromatic nitrogens is 3. The van der Waals surface area contributed by atoms with E-state index < -0.39 is 5.60 Å². The molecule has 4 rings (SSSR count). The van der Waals surface area contributed by atoms with Gasteiger partial charge in [0, 0.05) is 18.3 Å². The van der Waals surface area contributed by atoms with Crippen LogP contribution < -0.4 is 10.6 Å². The molecule has 1 aliphatic rings. The summed E-state index contributed by atoms with van der Waals surface area (Å²) in [7, 11) is 0. The molecule has 2 aromatic heterocycles. The fourth-order valence-electron chi connectivity index (χ4n) is 3.21. The average Bonchev–Trinajstić information content (AvgIpc) is 3.23. The Morgan fingerprint density at radius 1 is 1.35 bits per heavy atom. The van der Waals surface area contributed by atoms with Gasteiger partial charge in [0.05, 0.1) is 6.20 Å². The molecule has 1 atom stereocenters. The SMILES string of the molecule is Cc1cc([C@](C)(O)c2ccc3c(c2)N(c2nc(N)ncc2Cl)CC3)no1. The Hall–Kier alpha value is -2.64. The van der Waals surface area contributed by atoms with Crippen LogP contribution in [0.3, 0.4) is 0 Å². The summed E-state index contributed by atoms with van der Waals surface area (Å²) >= 11 is 6.28. The molecule has 7 nitrogen and oxygen atoms in total. The van der Waals surface area contributed by atoms with Gasteiger partial charge in [0.1, 0.15) is 22.1 Å². The van der Waals surface area contributed by atoms with E-state index in [9.17, 15) is 5.11 Å². The van der Waals surface area contributed by atoms with E-state index in [4.69, 9.17) is 21.9 Å². The molecule has 1 aromatic carbocycles. The molecule has 0 radical (unpaired) electrons. The van der Waals surface area contributed by atoms with E-state index in [0.29, 0.717) is 27.9 Å². The van der Waals surface area contributed by atoms with Gasteiger partial charge in [0.25, 0.3) is 0 Å². The number of nitrogens with zero attached hydrogens (tertiary/aromatic N) is 4. The summed E-state index contributed by atoms with van der Waals surface area (Å²) in [5.41, 5.74) is 7.69. The Morgan fingerprint density at radius 2 is 2.15 bits per heavy atom. The molecule has 0 amide bonds. The number of nitrogens with two attached hydrogens (primary N) is 1. The van der Waals surface area contributed by atoms with Gasteiger partial charge in [-0.15, -0.1) is 0 Å². The molecule has 0 saturated heterocycles. The molecule has 0 bridgehead atoms. The molecule has 0 unspecified atom stereocenters. The smallest absolute Gasteiger partial charge is 0.222 e. The Bertz CT molecular complexity index is 985. The molecule has 3 heterocycles. The van der Waals surface area contributed by atoms with E-state index in [1.165, 1.54) is 6.20 Å². The number of halogens is 1. The number of rotatable bonds is 3. The van der Waals surface area contributed by atoms with Crippen LogP contribution in [0.1, 0.15) is 29.5 Å². The Balaban J connectivity index is 1.78. The fraction of sp³-hybridized carbons (Fsp3) is 0.278. The minimum Gasteiger partial charge on any atom is -0.379 e. The van der Waals surface area contributed by atoms with Crippen LogP contribution in [0.4, 0.5) is 17.5 Å². The lowest BCUT2D eigenvalue weighted by Crippen LogP contribution is -2.24. The van der Waals surface area contributed by atoms with Crippen molar-refractivity contribution >= 4 is 29.1 Å². The number of aliphatic hydroxyl groups is 1. The summed E-state index contributed by atoms with van der Waals surface area (Å²) in [4.78, 5) is 10.2. The minimum atomic E-state index is -1.28.